The average Bonchev–Trinajstić information content (AvgIpc) is 2.37. The van der Waals surface area contributed by atoms with Gasteiger partial charge in [0.2, 0.25) is 0 Å². The normalized spacial score (nSPS) is 12.5. The number of nitrogens with zero attached hydrogens (tertiary/aromatic N) is 2. The molecule has 0 saturated carbocycles. The maximum Gasteiger partial charge on any atom is 0.292 e. The van der Waals surface area contributed by atoms with Gasteiger partial charge in [-0.3, -0.25) is 15.0 Å². The molecule has 5 heteroatoms. The van der Waals surface area contributed by atoms with E-state index in [2.05, 4.69) is 31.1 Å². The maximum absolute atomic E-state index is 10.8. The van der Waals surface area contributed by atoms with Crippen LogP contribution in [0.2, 0.25) is 0 Å². The molecular weight excluding hydrogens is 230 g/mol. The van der Waals surface area contributed by atoms with Crippen molar-refractivity contribution in [3.63, 3.8) is 0 Å². The van der Waals surface area contributed by atoms with Crippen molar-refractivity contribution in [2.45, 2.75) is 32.9 Å². The number of nitro benzene ring substituents is 1. The standard InChI is InChI=1S/C13H21N3O2/c1-5-10(2)15(4)9-11-6-7-13(16(17)18)12(8-11)14-3/h6-8,10,14H,5,9H2,1-4H3. The molecule has 1 unspecified atom stereocenters. The first-order valence-corrected chi connectivity index (χ1v) is 6.14. The van der Waals surface area contributed by atoms with Crippen molar-refractivity contribution < 1.29 is 4.92 Å². The third kappa shape index (κ3) is 3.43. The predicted octanol–water partition coefficient (Wildman–Crippen LogP) is 2.87. The predicted molar refractivity (Wildman–Crippen MR) is 73.9 cm³/mol. The van der Waals surface area contributed by atoms with Crippen LogP contribution in [0.1, 0.15) is 25.8 Å². The summed E-state index contributed by atoms with van der Waals surface area (Å²) < 4.78 is 0. The molecule has 18 heavy (non-hydrogen) atoms. The van der Waals surface area contributed by atoms with Crippen LogP contribution in [0.4, 0.5) is 11.4 Å². The van der Waals surface area contributed by atoms with E-state index in [1.807, 2.05) is 12.1 Å². The lowest BCUT2D eigenvalue weighted by Gasteiger charge is -2.23. The van der Waals surface area contributed by atoms with Crippen molar-refractivity contribution in [3.8, 4) is 0 Å². The van der Waals surface area contributed by atoms with Gasteiger partial charge in [-0.05, 0) is 32.0 Å². The van der Waals surface area contributed by atoms with Crippen LogP contribution in [-0.4, -0.2) is 30.0 Å². The Labute approximate surface area is 108 Å². The van der Waals surface area contributed by atoms with Gasteiger partial charge >= 0.3 is 0 Å². The Kier molecular flexibility index (Phi) is 5.09. The third-order valence-electron chi connectivity index (χ3n) is 3.30. The summed E-state index contributed by atoms with van der Waals surface area (Å²) in [6.45, 7) is 5.11. The van der Waals surface area contributed by atoms with Gasteiger partial charge in [0, 0.05) is 25.7 Å². The molecule has 1 aromatic carbocycles. The van der Waals surface area contributed by atoms with E-state index in [0.29, 0.717) is 11.7 Å². The molecule has 1 rings (SSSR count). The number of nitrogens with one attached hydrogen (secondary N) is 1. The molecule has 0 saturated heterocycles. The summed E-state index contributed by atoms with van der Waals surface area (Å²) >= 11 is 0. The maximum atomic E-state index is 10.8. The number of benzene rings is 1. The molecule has 0 aliphatic heterocycles. The summed E-state index contributed by atoms with van der Waals surface area (Å²) in [5.74, 6) is 0. The molecule has 0 aliphatic carbocycles. The van der Waals surface area contributed by atoms with Crippen molar-refractivity contribution in [2.75, 3.05) is 19.4 Å². The molecule has 100 valence electrons. The van der Waals surface area contributed by atoms with Crippen molar-refractivity contribution in [1.82, 2.24) is 4.90 Å². The van der Waals surface area contributed by atoms with Gasteiger partial charge in [0.1, 0.15) is 5.69 Å². The highest BCUT2D eigenvalue weighted by atomic mass is 16.6. The average molecular weight is 251 g/mol. The zero-order valence-corrected chi connectivity index (χ0v) is 11.4. The quantitative estimate of drug-likeness (QED) is 0.624. The van der Waals surface area contributed by atoms with Crippen molar-refractivity contribution in [1.29, 1.82) is 0 Å². The van der Waals surface area contributed by atoms with Crippen LogP contribution >= 0.6 is 0 Å². The van der Waals surface area contributed by atoms with Crippen molar-refractivity contribution in [3.05, 3.63) is 33.9 Å². The van der Waals surface area contributed by atoms with Gasteiger partial charge < -0.3 is 5.32 Å². The van der Waals surface area contributed by atoms with E-state index < -0.39 is 0 Å². The third-order valence-corrected chi connectivity index (χ3v) is 3.30. The molecule has 5 nitrogen and oxygen atoms in total. The Bertz CT molecular complexity index is 421. The van der Waals surface area contributed by atoms with Crippen LogP contribution in [-0.2, 0) is 6.54 Å². The number of anilines is 1. The fraction of sp³-hybridized carbons (Fsp3) is 0.538. The first kappa shape index (κ1) is 14.4. The summed E-state index contributed by atoms with van der Waals surface area (Å²) in [6.07, 6.45) is 1.09. The molecule has 0 spiro atoms. The Balaban J connectivity index is 2.89. The van der Waals surface area contributed by atoms with Crippen molar-refractivity contribution in [2.24, 2.45) is 0 Å². The van der Waals surface area contributed by atoms with Gasteiger partial charge in [-0.2, -0.15) is 0 Å². The van der Waals surface area contributed by atoms with E-state index in [9.17, 15) is 10.1 Å². The van der Waals surface area contributed by atoms with Crippen LogP contribution in [0.5, 0.6) is 0 Å². The first-order chi connectivity index (χ1) is 8.49. The number of hydrogen-bond acceptors (Lipinski definition) is 4. The van der Waals surface area contributed by atoms with Crippen LogP contribution in [0, 0.1) is 10.1 Å². The second-order valence-corrected chi connectivity index (χ2v) is 4.53. The van der Waals surface area contributed by atoms with E-state index >= 15 is 0 Å². The second-order valence-electron chi connectivity index (χ2n) is 4.53. The Morgan fingerprint density at radius 3 is 2.67 bits per heavy atom. The minimum Gasteiger partial charge on any atom is -0.383 e. The van der Waals surface area contributed by atoms with Crippen molar-refractivity contribution >= 4 is 11.4 Å². The lowest BCUT2D eigenvalue weighted by molar-refractivity contribution is -0.384. The fourth-order valence-corrected chi connectivity index (χ4v) is 1.80. The highest BCUT2D eigenvalue weighted by molar-refractivity contribution is 5.62. The van der Waals surface area contributed by atoms with Crippen LogP contribution < -0.4 is 5.32 Å². The monoisotopic (exact) mass is 251 g/mol. The second kappa shape index (κ2) is 6.35. The molecule has 0 heterocycles. The highest BCUT2D eigenvalue weighted by Gasteiger charge is 2.14. The summed E-state index contributed by atoms with van der Waals surface area (Å²) in [6, 6.07) is 5.72. The molecular formula is C13H21N3O2. The van der Waals surface area contributed by atoms with Gasteiger partial charge in [0.05, 0.1) is 4.92 Å². The molecule has 1 atom stereocenters. The summed E-state index contributed by atoms with van der Waals surface area (Å²) in [7, 11) is 3.76. The van der Waals surface area contributed by atoms with E-state index in [1.54, 1.807) is 13.1 Å². The Hall–Kier alpha value is -1.62. The van der Waals surface area contributed by atoms with E-state index in [4.69, 9.17) is 0 Å². The van der Waals surface area contributed by atoms with Crippen LogP contribution in [0.15, 0.2) is 18.2 Å². The van der Waals surface area contributed by atoms with E-state index in [-0.39, 0.29) is 10.6 Å². The van der Waals surface area contributed by atoms with E-state index in [0.717, 1.165) is 18.5 Å². The largest absolute Gasteiger partial charge is 0.383 e. The van der Waals surface area contributed by atoms with Gasteiger partial charge in [-0.25, -0.2) is 0 Å². The molecule has 1 N–H and O–H groups in total. The number of hydrogen-bond donors (Lipinski definition) is 1. The summed E-state index contributed by atoms with van der Waals surface area (Å²) in [5.41, 5.74) is 1.76. The molecule has 0 radical (unpaired) electrons. The fourth-order valence-electron chi connectivity index (χ4n) is 1.80. The van der Waals surface area contributed by atoms with Gasteiger partial charge in [-0.1, -0.05) is 13.0 Å². The van der Waals surface area contributed by atoms with Gasteiger partial charge in [0.25, 0.3) is 5.69 Å². The molecule has 0 aliphatic rings. The van der Waals surface area contributed by atoms with Gasteiger partial charge in [-0.15, -0.1) is 0 Å². The molecule has 0 fully saturated rings. The minimum atomic E-state index is -0.367. The molecule has 0 aromatic heterocycles. The number of nitro groups is 1. The van der Waals surface area contributed by atoms with Crippen LogP contribution in [0.3, 0.4) is 0 Å². The van der Waals surface area contributed by atoms with E-state index in [1.165, 1.54) is 0 Å². The zero-order valence-electron chi connectivity index (χ0n) is 11.4. The Morgan fingerprint density at radius 1 is 1.50 bits per heavy atom. The lowest BCUT2D eigenvalue weighted by atomic mass is 10.1. The lowest BCUT2D eigenvalue weighted by Crippen LogP contribution is -2.27. The van der Waals surface area contributed by atoms with Gasteiger partial charge in [0.15, 0.2) is 0 Å². The van der Waals surface area contributed by atoms with Crippen LogP contribution in [0.25, 0.3) is 0 Å². The smallest absolute Gasteiger partial charge is 0.292 e. The summed E-state index contributed by atoms with van der Waals surface area (Å²) in [5, 5.41) is 13.7. The molecule has 1 aromatic rings. The Morgan fingerprint density at radius 2 is 2.17 bits per heavy atom. The minimum absolute atomic E-state index is 0.118. The summed E-state index contributed by atoms with van der Waals surface area (Å²) in [4.78, 5) is 12.7. The molecule has 0 bridgehead atoms. The highest BCUT2D eigenvalue weighted by Crippen LogP contribution is 2.25. The zero-order chi connectivity index (χ0) is 13.7. The topological polar surface area (TPSA) is 58.4 Å². The SMILES string of the molecule is CCC(C)N(C)Cc1ccc([N+](=O)[O-])c(NC)c1. The first-order valence-electron chi connectivity index (χ1n) is 6.14. The number of rotatable bonds is 6. The molecule has 0 amide bonds.